The molecule has 0 saturated carbocycles. The van der Waals surface area contributed by atoms with Crippen molar-refractivity contribution < 1.29 is 13.5 Å². The van der Waals surface area contributed by atoms with E-state index in [1.54, 1.807) is 32.0 Å². The molecule has 2 unspecified atom stereocenters. The zero-order valence-corrected chi connectivity index (χ0v) is 12.4. The molecule has 0 aliphatic carbocycles. The zero-order valence-electron chi connectivity index (χ0n) is 11.6. The number of rotatable bonds is 5. The number of aliphatic hydroxyl groups is 1. The minimum absolute atomic E-state index is 0.244. The first kappa shape index (κ1) is 15.0. The summed E-state index contributed by atoms with van der Waals surface area (Å²) < 4.78 is 27.1. The first-order valence-electron chi connectivity index (χ1n) is 6.58. The van der Waals surface area contributed by atoms with Crippen molar-refractivity contribution >= 4 is 20.8 Å². The van der Waals surface area contributed by atoms with E-state index >= 15 is 0 Å². The molecule has 2 atom stereocenters. The molecule has 2 aromatic carbocycles. The van der Waals surface area contributed by atoms with Crippen molar-refractivity contribution in [2.45, 2.75) is 37.3 Å². The van der Waals surface area contributed by atoms with Gasteiger partial charge in [0.05, 0.1) is 11.0 Å². The number of aliphatic hydroxyl groups excluding tert-OH is 1. The molecule has 0 aliphatic heterocycles. The molecule has 5 heteroatoms. The van der Waals surface area contributed by atoms with Crippen LogP contribution in [0, 0.1) is 0 Å². The summed E-state index contributed by atoms with van der Waals surface area (Å²) in [6.07, 6.45) is -0.156. The van der Waals surface area contributed by atoms with Crippen LogP contribution in [-0.4, -0.2) is 25.7 Å². The second-order valence-electron chi connectivity index (χ2n) is 5.12. The van der Waals surface area contributed by atoms with E-state index in [0.29, 0.717) is 6.42 Å². The van der Waals surface area contributed by atoms with Gasteiger partial charge >= 0.3 is 0 Å². The molecule has 2 rings (SSSR count). The second kappa shape index (κ2) is 5.91. The maximum absolute atomic E-state index is 12.3. The monoisotopic (exact) mass is 293 g/mol. The number of hydrogen-bond acceptors (Lipinski definition) is 3. The van der Waals surface area contributed by atoms with Gasteiger partial charge in [0.25, 0.3) is 0 Å². The number of sulfonamides is 1. The van der Waals surface area contributed by atoms with Gasteiger partial charge in [-0.15, -0.1) is 0 Å². The Labute approximate surface area is 119 Å². The molecule has 2 aromatic rings. The Balaban J connectivity index is 2.27. The fourth-order valence-electron chi connectivity index (χ4n) is 2.23. The second-order valence-corrected chi connectivity index (χ2v) is 6.83. The molecule has 0 saturated heterocycles. The molecule has 0 fully saturated rings. The lowest BCUT2D eigenvalue weighted by atomic mass is 10.1. The highest BCUT2D eigenvalue weighted by atomic mass is 32.2. The van der Waals surface area contributed by atoms with Gasteiger partial charge in [-0.2, -0.15) is 0 Å². The number of fused-ring (bicyclic) bond motifs is 1. The van der Waals surface area contributed by atoms with Gasteiger partial charge in [-0.3, -0.25) is 0 Å². The van der Waals surface area contributed by atoms with Crippen molar-refractivity contribution in [1.82, 2.24) is 4.72 Å². The minimum Gasteiger partial charge on any atom is -0.393 e. The van der Waals surface area contributed by atoms with Crippen LogP contribution in [0.5, 0.6) is 0 Å². The third-order valence-corrected chi connectivity index (χ3v) is 4.67. The molecule has 0 heterocycles. The summed E-state index contributed by atoms with van der Waals surface area (Å²) in [5.74, 6) is 0. The summed E-state index contributed by atoms with van der Waals surface area (Å²) in [7, 11) is -3.56. The highest BCUT2D eigenvalue weighted by Crippen LogP contribution is 2.19. The third-order valence-electron chi connectivity index (χ3n) is 3.08. The Hall–Kier alpha value is -1.43. The molecule has 0 aromatic heterocycles. The van der Waals surface area contributed by atoms with Crippen molar-refractivity contribution in [3.05, 3.63) is 42.5 Å². The SMILES string of the molecule is CC(O)CC(C)NS(=O)(=O)c1ccc2ccccc2c1. The van der Waals surface area contributed by atoms with E-state index in [-0.39, 0.29) is 10.9 Å². The molecule has 0 amide bonds. The quantitative estimate of drug-likeness (QED) is 0.888. The maximum atomic E-state index is 12.3. The summed E-state index contributed by atoms with van der Waals surface area (Å²) in [5.41, 5.74) is 0. The summed E-state index contributed by atoms with van der Waals surface area (Å²) in [6.45, 7) is 3.38. The maximum Gasteiger partial charge on any atom is 0.240 e. The van der Waals surface area contributed by atoms with Gasteiger partial charge in [0.1, 0.15) is 0 Å². The summed E-state index contributed by atoms with van der Waals surface area (Å²) in [5, 5.41) is 11.2. The molecule has 4 nitrogen and oxygen atoms in total. The molecular weight excluding hydrogens is 274 g/mol. The van der Waals surface area contributed by atoms with Crippen molar-refractivity contribution in [2.75, 3.05) is 0 Å². The van der Waals surface area contributed by atoms with Crippen molar-refractivity contribution in [1.29, 1.82) is 0 Å². The molecule has 108 valence electrons. The van der Waals surface area contributed by atoms with Gasteiger partial charge in [0, 0.05) is 6.04 Å². The number of hydrogen-bond donors (Lipinski definition) is 2. The highest BCUT2D eigenvalue weighted by Gasteiger charge is 2.18. The van der Waals surface area contributed by atoms with Crippen LogP contribution in [0.1, 0.15) is 20.3 Å². The lowest BCUT2D eigenvalue weighted by Crippen LogP contribution is -2.34. The van der Waals surface area contributed by atoms with Crippen LogP contribution in [0.4, 0.5) is 0 Å². The average molecular weight is 293 g/mol. The summed E-state index contributed by atoms with van der Waals surface area (Å²) >= 11 is 0. The Kier molecular flexibility index (Phi) is 4.42. The number of benzene rings is 2. The van der Waals surface area contributed by atoms with E-state index < -0.39 is 16.1 Å². The molecule has 20 heavy (non-hydrogen) atoms. The molecule has 2 N–H and O–H groups in total. The smallest absolute Gasteiger partial charge is 0.240 e. The molecular formula is C15H19NO3S. The summed E-state index contributed by atoms with van der Waals surface area (Å²) in [4.78, 5) is 0.244. The van der Waals surface area contributed by atoms with Crippen LogP contribution >= 0.6 is 0 Å². The summed E-state index contributed by atoms with van der Waals surface area (Å²) in [6, 6.07) is 12.4. The van der Waals surface area contributed by atoms with Gasteiger partial charge in [-0.25, -0.2) is 13.1 Å². The zero-order chi connectivity index (χ0) is 14.8. The van der Waals surface area contributed by atoms with Gasteiger partial charge in [-0.05, 0) is 43.2 Å². The fraction of sp³-hybridized carbons (Fsp3) is 0.333. The Bertz CT molecular complexity index is 695. The lowest BCUT2D eigenvalue weighted by Gasteiger charge is -2.15. The van der Waals surface area contributed by atoms with Crippen molar-refractivity contribution in [3.8, 4) is 0 Å². The first-order chi connectivity index (χ1) is 9.38. The van der Waals surface area contributed by atoms with E-state index in [9.17, 15) is 13.5 Å². The van der Waals surface area contributed by atoms with Gasteiger partial charge in [-0.1, -0.05) is 30.3 Å². The molecule has 0 spiro atoms. The standard InChI is InChI=1S/C15H19NO3S/c1-11(9-12(2)17)16-20(18,19)15-8-7-13-5-3-4-6-14(13)10-15/h3-8,10-12,16-17H,9H2,1-2H3. The topological polar surface area (TPSA) is 66.4 Å². The predicted molar refractivity (Wildman–Crippen MR) is 80.0 cm³/mol. The Morgan fingerprint density at radius 3 is 2.40 bits per heavy atom. The van der Waals surface area contributed by atoms with E-state index in [4.69, 9.17) is 0 Å². The van der Waals surface area contributed by atoms with Crippen LogP contribution in [0.3, 0.4) is 0 Å². The first-order valence-corrected chi connectivity index (χ1v) is 8.06. The minimum atomic E-state index is -3.56. The van der Waals surface area contributed by atoms with Gasteiger partial charge in [0.15, 0.2) is 0 Å². The largest absolute Gasteiger partial charge is 0.393 e. The highest BCUT2D eigenvalue weighted by molar-refractivity contribution is 7.89. The Morgan fingerprint density at radius 1 is 1.10 bits per heavy atom. The molecule has 0 radical (unpaired) electrons. The van der Waals surface area contributed by atoms with Crippen molar-refractivity contribution in [3.63, 3.8) is 0 Å². The van der Waals surface area contributed by atoms with E-state index in [0.717, 1.165) is 10.8 Å². The van der Waals surface area contributed by atoms with Crippen LogP contribution in [0.25, 0.3) is 10.8 Å². The fourth-order valence-corrected chi connectivity index (χ4v) is 3.52. The predicted octanol–water partition coefficient (Wildman–Crippen LogP) is 2.28. The van der Waals surface area contributed by atoms with Crippen LogP contribution in [-0.2, 0) is 10.0 Å². The van der Waals surface area contributed by atoms with E-state index in [1.165, 1.54) is 0 Å². The number of nitrogens with one attached hydrogen (secondary N) is 1. The van der Waals surface area contributed by atoms with Gasteiger partial charge in [0.2, 0.25) is 10.0 Å². The van der Waals surface area contributed by atoms with Crippen LogP contribution < -0.4 is 4.72 Å². The molecule has 0 bridgehead atoms. The van der Waals surface area contributed by atoms with Crippen molar-refractivity contribution in [2.24, 2.45) is 0 Å². The van der Waals surface area contributed by atoms with E-state index in [2.05, 4.69) is 4.72 Å². The Morgan fingerprint density at radius 2 is 1.75 bits per heavy atom. The molecule has 0 aliphatic rings. The van der Waals surface area contributed by atoms with Gasteiger partial charge < -0.3 is 5.11 Å². The van der Waals surface area contributed by atoms with E-state index in [1.807, 2.05) is 24.3 Å². The normalized spacial score (nSPS) is 15.2. The van der Waals surface area contributed by atoms with Crippen LogP contribution in [0.2, 0.25) is 0 Å². The third kappa shape index (κ3) is 3.56. The lowest BCUT2D eigenvalue weighted by molar-refractivity contribution is 0.175. The van der Waals surface area contributed by atoms with Crippen LogP contribution in [0.15, 0.2) is 47.4 Å². The average Bonchev–Trinajstić information content (AvgIpc) is 2.36.